The average molecular weight is 289 g/mol. The minimum atomic E-state index is -1.40. The van der Waals surface area contributed by atoms with Crippen molar-refractivity contribution in [3.8, 4) is 0 Å². The molecule has 0 fully saturated rings. The molecule has 0 saturated carbocycles. The molecule has 0 saturated heterocycles. The van der Waals surface area contributed by atoms with Crippen molar-refractivity contribution in [2.75, 3.05) is 0 Å². The molecule has 0 bridgehead atoms. The lowest BCUT2D eigenvalue weighted by Crippen LogP contribution is -1.84. The normalized spacial score (nSPS) is 11.4. The third kappa shape index (κ3) is 17.9. The highest BCUT2D eigenvalue weighted by Crippen LogP contribution is 2.16. The summed E-state index contributed by atoms with van der Waals surface area (Å²) in [5.41, 5.74) is 0. The second-order valence-corrected chi connectivity index (χ2v) is 6.04. The number of rotatable bonds is 16. The Morgan fingerprint density at radius 1 is 0.500 bits per heavy atom. The van der Waals surface area contributed by atoms with Crippen LogP contribution in [-0.2, 0) is 0 Å². The highest BCUT2D eigenvalue weighted by atomic mass is 19.3. The summed E-state index contributed by atoms with van der Waals surface area (Å²) < 4.78 is 23.6. The molecule has 1 radical (unpaired) electrons. The van der Waals surface area contributed by atoms with E-state index in [2.05, 4.69) is 6.92 Å². The molecular weight excluding hydrogens is 254 g/mol. The van der Waals surface area contributed by atoms with Gasteiger partial charge in [-0.1, -0.05) is 96.8 Å². The second kappa shape index (κ2) is 16.9. The number of unbranched alkanes of at least 4 members (excludes halogenated alkanes) is 14. The predicted molar refractivity (Wildman–Crippen MR) is 85.0 cm³/mol. The SMILES string of the molecule is CCCCCCCCCCCCCCCCC[C](F)F. The van der Waals surface area contributed by atoms with E-state index in [1.165, 1.54) is 77.0 Å². The molecule has 0 heterocycles. The highest BCUT2D eigenvalue weighted by Gasteiger charge is 2.03. The molecule has 0 atom stereocenters. The van der Waals surface area contributed by atoms with Crippen molar-refractivity contribution >= 4 is 0 Å². The van der Waals surface area contributed by atoms with E-state index in [1.807, 2.05) is 0 Å². The Morgan fingerprint density at radius 2 is 0.800 bits per heavy atom. The van der Waals surface area contributed by atoms with E-state index in [0.29, 0.717) is 6.42 Å². The topological polar surface area (TPSA) is 0 Å². The van der Waals surface area contributed by atoms with Gasteiger partial charge in [0.1, 0.15) is 0 Å². The van der Waals surface area contributed by atoms with Crippen molar-refractivity contribution in [1.29, 1.82) is 0 Å². The van der Waals surface area contributed by atoms with Gasteiger partial charge in [0, 0.05) is 6.42 Å². The van der Waals surface area contributed by atoms with Gasteiger partial charge in [-0.05, 0) is 6.42 Å². The van der Waals surface area contributed by atoms with Crippen LogP contribution in [0.4, 0.5) is 8.78 Å². The summed E-state index contributed by atoms with van der Waals surface area (Å²) in [6.07, 6.45) is 17.8. The Balaban J connectivity index is 2.92. The van der Waals surface area contributed by atoms with E-state index in [0.717, 1.165) is 12.8 Å². The molecule has 0 aromatic heterocycles. The molecule has 2 heteroatoms. The second-order valence-electron chi connectivity index (χ2n) is 6.04. The first kappa shape index (κ1) is 19.9. The monoisotopic (exact) mass is 289 g/mol. The maximum atomic E-state index is 11.8. The summed E-state index contributed by atoms with van der Waals surface area (Å²) in [6, 6.07) is 0. The molecule has 0 aromatic carbocycles. The fraction of sp³-hybridized carbons (Fsp3) is 0.944. The van der Waals surface area contributed by atoms with Gasteiger partial charge in [-0.25, -0.2) is 0 Å². The Hall–Kier alpha value is -0.140. The van der Waals surface area contributed by atoms with Crippen molar-refractivity contribution in [2.45, 2.75) is 110 Å². The van der Waals surface area contributed by atoms with Crippen molar-refractivity contribution in [3.05, 3.63) is 6.43 Å². The number of hydrogen-bond donors (Lipinski definition) is 0. The molecule has 0 aromatic rings. The van der Waals surface area contributed by atoms with Crippen molar-refractivity contribution in [2.24, 2.45) is 0 Å². The average Bonchev–Trinajstić information content (AvgIpc) is 2.43. The molecule has 0 amide bonds. The molecule has 0 aliphatic carbocycles. The Kier molecular flexibility index (Phi) is 16.8. The summed E-state index contributed by atoms with van der Waals surface area (Å²) in [6.45, 7) is 2.26. The number of hydrogen-bond acceptors (Lipinski definition) is 0. The van der Waals surface area contributed by atoms with Crippen LogP contribution in [0.15, 0.2) is 0 Å². The van der Waals surface area contributed by atoms with Gasteiger partial charge in [0.2, 0.25) is 0 Å². The first-order valence-electron chi connectivity index (χ1n) is 8.94. The standard InChI is InChI=1S/C18H35F2/c1-2-3-4-5-6-7-8-9-10-11-12-13-14-15-16-17-18(19)20/h2-17H2,1H3. The van der Waals surface area contributed by atoms with Crippen LogP contribution in [0.1, 0.15) is 110 Å². The van der Waals surface area contributed by atoms with Crippen molar-refractivity contribution in [3.63, 3.8) is 0 Å². The highest BCUT2D eigenvalue weighted by molar-refractivity contribution is 4.59. The van der Waals surface area contributed by atoms with Crippen LogP contribution in [0.25, 0.3) is 0 Å². The van der Waals surface area contributed by atoms with E-state index in [4.69, 9.17) is 0 Å². The fourth-order valence-corrected chi connectivity index (χ4v) is 2.63. The maximum absolute atomic E-state index is 11.8. The molecule has 0 nitrogen and oxygen atoms in total. The van der Waals surface area contributed by atoms with Crippen molar-refractivity contribution < 1.29 is 8.78 Å². The Labute approximate surface area is 125 Å². The molecule has 20 heavy (non-hydrogen) atoms. The summed E-state index contributed by atoms with van der Waals surface area (Å²) in [7, 11) is 0. The van der Waals surface area contributed by atoms with Gasteiger partial charge in [0.05, 0.1) is 0 Å². The van der Waals surface area contributed by atoms with E-state index >= 15 is 0 Å². The zero-order valence-corrected chi connectivity index (χ0v) is 13.6. The zero-order valence-electron chi connectivity index (χ0n) is 13.6. The molecule has 0 rings (SSSR count). The van der Waals surface area contributed by atoms with Crippen LogP contribution in [0.3, 0.4) is 0 Å². The smallest absolute Gasteiger partial charge is 0.200 e. The lowest BCUT2D eigenvalue weighted by Gasteiger charge is -2.03. The van der Waals surface area contributed by atoms with Gasteiger partial charge in [0.15, 0.2) is 0 Å². The van der Waals surface area contributed by atoms with Gasteiger partial charge in [-0.15, -0.1) is 0 Å². The van der Waals surface area contributed by atoms with Crippen LogP contribution >= 0.6 is 0 Å². The molecule has 121 valence electrons. The van der Waals surface area contributed by atoms with Crippen LogP contribution in [0, 0.1) is 6.43 Å². The van der Waals surface area contributed by atoms with Gasteiger partial charge in [-0.2, -0.15) is 8.78 Å². The first-order valence-corrected chi connectivity index (χ1v) is 8.94. The van der Waals surface area contributed by atoms with E-state index in [-0.39, 0.29) is 6.42 Å². The molecule has 0 N–H and O–H groups in total. The van der Waals surface area contributed by atoms with E-state index in [9.17, 15) is 8.78 Å². The van der Waals surface area contributed by atoms with Crippen LogP contribution < -0.4 is 0 Å². The van der Waals surface area contributed by atoms with Gasteiger partial charge >= 0.3 is 6.43 Å². The van der Waals surface area contributed by atoms with Crippen LogP contribution in [-0.4, -0.2) is 0 Å². The lowest BCUT2D eigenvalue weighted by atomic mass is 10.0. The fourth-order valence-electron chi connectivity index (χ4n) is 2.63. The van der Waals surface area contributed by atoms with E-state index < -0.39 is 6.43 Å². The van der Waals surface area contributed by atoms with Gasteiger partial charge in [-0.3, -0.25) is 0 Å². The minimum Gasteiger partial charge on any atom is -0.200 e. The quantitative estimate of drug-likeness (QED) is 0.256. The largest absolute Gasteiger partial charge is 0.310 e. The summed E-state index contributed by atoms with van der Waals surface area (Å²) >= 11 is 0. The molecule has 0 spiro atoms. The summed E-state index contributed by atoms with van der Waals surface area (Å²) in [5.74, 6) is 0. The Bertz CT molecular complexity index is 169. The van der Waals surface area contributed by atoms with Crippen LogP contribution in [0.5, 0.6) is 0 Å². The molecule has 0 aliphatic heterocycles. The molecule has 0 aliphatic rings. The zero-order chi connectivity index (χ0) is 14.9. The van der Waals surface area contributed by atoms with Crippen molar-refractivity contribution in [1.82, 2.24) is 0 Å². The first-order chi connectivity index (χ1) is 9.77. The summed E-state index contributed by atoms with van der Waals surface area (Å²) in [4.78, 5) is 0. The van der Waals surface area contributed by atoms with Gasteiger partial charge < -0.3 is 0 Å². The maximum Gasteiger partial charge on any atom is 0.310 e. The van der Waals surface area contributed by atoms with Crippen LogP contribution in [0.2, 0.25) is 0 Å². The summed E-state index contributed by atoms with van der Waals surface area (Å²) in [5, 5.41) is 0. The third-order valence-corrected chi connectivity index (χ3v) is 3.97. The Morgan fingerprint density at radius 3 is 1.10 bits per heavy atom. The predicted octanol–water partition coefficient (Wildman–Crippen LogP) is 7.68. The molecule has 0 unspecified atom stereocenters. The van der Waals surface area contributed by atoms with E-state index in [1.54, 1.807) is 0 Å². The minimum absolute atomic E-state index is 0.0122. The lowest BCUT2D eigenvalue weighted by molar-refractivity contribution is 0.264. The third-order valence-electron chi connectivity index (χ3n) is 3.97. The van der Waals surface area contributed by atoms with Gasteiger partial charge in [0.25, 0.3) is 0 Å². The number of halogens is 2. The molecular formula is C18H35F2.